The van der Waals surface area contributed by atoms with Gasteiger partial charge < -0.3 is 9.84 Å². The molecular formula is C11H9FN2O2. The van der Waals surface area contributed by atoms with Crippen LogP contribution >= 0.6 is 0 Å². The summed E-state index contributed by atoms with van der Waals surface area (Å²) < 4.78 is 18.0. The number of halogens is 1. The molecule has 1 aromatic heterocycles. The van der Waals surface area contributed by atoms with Gasteiger partial charge in [-0.3, -0.25) is 4.79 Å². The van der Waals surface area contributed by atoms with Crippen LogP contribution in [-0.4, -0.2) is 11.1 Å². The molecule has 82 valence electrons. The topological polar surface area (TPSA) is 55.1 Å². The van der Waals surface area contributed by atoms with Gasteiger partial charge in [-0.2, -0.15) is 0 Å². The van der Waals surface area contributed by atoms with Crippen LogP contribution in [-0.2, 0) is 0 Å². The van der Waals surface area contributed by atoms with Crippen LogP contribution in [0.2, 0.25) is 0 Å². The molecule has 1 amide bonds. The van der Waals surface area contributed by atoms with Crippen LogP contribution in [0.3, 0.4) is 0 Å². The summed E-state index contributed by atoms with van der Waals surface area (Å²) in [7, 11) is 0. The van der Waals surface area contributed by atoms with Gasteiger partial charge in [-0.15, -0.1) is 0 Å². The highest BCUT2D eigenvalue weighted by Gasteiger charge is 2.12. The molecule has 16 heavy (non-hydrogen) atoms. The van der Waals surface area contributed by atoms with Crippen LogP contribution in [0.25, 0.3) is 0 Å². The van der Waals surface area contributed by atoms with Crippen molar-refractivity contribution in [3.8, 4) is 0 Å². The molecule has 5 heteroatoms. The highest BCUT2D eigenvalue weighted by atomic mass is 19.1. The summed E-state index contributed by atoms with van der Waals surface area (Å²) in [5.41, 5.74) is 1.15. The molecule has 2 rings (SSSR count). The molecule has 0 aliphatic heterocycles. The monoisotopic (exact) mass is 220 g/mol. The van der Waals surface area contributed by atoms with E-state index in [-0.39, 0.29) is 5.56 Å². The Kier molecular flexibility index (Phi) is 2.68. The summed E-state index contributed by atoms with van der Waals surface area (Å²) in [6.45, 7) is 1.75. The molecule has 0 saturated carbocycles. The number of hydrogen-bond donors (Lipinski definition) is 1. The Morgan fingerprint density at radius 3 is 2.94 bits per heavy atom. The fraction of sp³-hybridized carbons (Fsp3) is 0.0909. The lowest BCUT2D eigenvalue weighted by Crippen LogP contribution is -2.13. The highest BCUT2D eigenvalue weighted by Crippen LogP contribution is 2.12. The van der Waals surface area contributed by atoms with Gasteiger partial charge >= 0.3 is 0 Å². The van der Waals surface area contributed by atoms with E-state index < -0.39 is 11.7 Å². The molecule has 1 N–H and O–H groups in total. The quantitative estimate of drug-likeness (QED) is 0.845. The molecule has 0 unspecified atom stereocenters. The normalized spacial score (nSPS) is 10.1. The number of anilines is 1. The Morgan fingerprint density at radius 2 is 2.31 bits per heavy atom. The molecule has 0 aliphatic carbocycles. The third kappa shape index (κ3) is 2.08. The number of benzene rings is 1. The summed E-state index contributed by atoms with van der Waals surface area (Å²) in [5, 5.41) is 5.89. The van der Waals surface area contributed by atoms with Gasteiger partial charge in [0.15, 0.2) is 0 Å². The molecule has 1 aromatic carbocycles. The first-order chi connectivity index (χ1) is 7.66. The minimum atomic E-state index is -0.547. The van der Waals surface area contributed by atoms with Crippen molar-refractivity contribution in [2.24, 2.45) is 0 Å². The first-order valence-corrected chi connectivity index (χ1v) is 4.63. The summed E-state index contributed by atoms with van der Waals surface area (Å²) in [5.74, 6) is -1.07. The van der Waals surface area contributed by atoms with E-state index in [9.17, 15) is 9.18 Å². The molecule has 0 atom stereocenters. The van der Waals surface area contributed by atoms with Gasteiger partial charge in [0, 0.05) is 0 Å². The molecule has 1 heterocycles. The number of carbonyl (C=O) groups is 1. The van der Waals surface area contributed by atoms with Gasteiger partial charge in [0.1, 0.15) is 17.8 Å². The predicted molar refractivity (Wildman–Crippen MR) is 55.6 cm³/mol. The van der Waals surface area contributed by atoms with Gasteiger partial charge in [-0.1, -0.05) is 11.2 Å². The Bertz CT molecular complexity index is 509. The van der Waals surface area contributed by atoms with Gasteiger partial charge in [-0.25, -0.2) is 4.39 Å². The molecule has 0 aliphatic rings. The largest absolute Gasteiger partial charge is 0.363 e. The number of nitrogens with one attached hydrogen (secondary N) is 1. The van der Waals surface area contributed by atoms with E-state index in [1.165, 1.54) is 24.6 Å². The smallest absolute Gasteiger partial charge is 0.258 e. The molecule has 0 fully saturated rings. The molecular weight excluding hydrogens is 211 g/mol. The second-order valence-corrected chi connectivity index (χ2v) is 3.35. The number of nitrogens with zero attached hydrogens (tertiary/aromatic N) is 1. The summed E-state index contributed by atoms with van der Waals surface area (Å²) in [6.07, 6.45) is 2.61. The van der Waals surface area contributed by atoms with Crippen molar-refractivity contribution in [1.82, 2.24) is 5.16 Å². The third-order valence-corrected chi connectivity index (χ3v) is 2.06. The zero-order chi connectivity index (χ0) is 11.5. The van der Waals surface area contributed by atoms with E-state index in [0.29, 0.717) is 5.69 Å². The lowest BCUT2D eigenvalue weighted by atomic mass is 10.1. The number of carbonyl (C=O) groups excluding carboxylic acids is 1. The number of hydrogen-bond acceptors (Lipinski definition) is 3. The average molecular weight is 220 g/mol. The predicted octanol–water partition coefficient (Wildman–Crippen LogP) is 2.37. The minimum absolute atomic E-state index is 0.00759. The molecule has 0 bridgehead atoms. The van der Waals surface area contributed by atoms with Crippen LogP contribution in [0.1, 0.15) is 15.9 Å². The van der Waals surface area contributed by atoms with E-state index in [2.05, 4.69) is 15.0 Å². The third-order valence-electron chi connectivity index (χ3n) is 2.06. The fourth-order valence-electron chi connectivity index (χ4n) is 1.27. The Morgan fingerprint density at radius 1 is 1.50 bits per heavy atom. The maximum atomic E-state index is 13.4. The van der Waals surface area contributed by atoms with Gasteiger partial charge in [0.25, 0.3) is 5.91 Å². The lowest BCUT2D eigenvalue weighted by molar-refractivity contribution is 0.102. The van der Waals surface area contributed by atoms with Crippen LogP contribution in [0.4, 0.5) is 10.1 Å². The molecule has 4 nitrogen and oxygen atoms in total. The van der Waals surface area contributed by atoms with Crippen molar-refractivity contribution in [3.63, 3.8) is 0 Å². The van der Waals surface area contributed by atoms with Gasteiger partial charge in [-0.05, 0) is 24.6 Å². The zero-order valence-corrected chi connectivity index (χ0v) is 8.53. The Labute approximate surface area is 91.1 Å². The summed E-state index contributed by atoms with van der Waals surface area (Å²) in [4.78, 5) is 11.6. The molecule has 0 spiro atoms. The number of aromatic nitrogens is 1. The van der Waals surface area contributed by atoms with Crippen molar-refractivity contribution in [2.75, 3.05) is 5.32 Å². The van der Waals surface area contributed by atoms with Crippen LogP contribution < -0.4 is 5.32 Å². The highest BCUT2D eigenvalue weighted by molar-refractivity contribution is 6.04. The SMILES string of the molecule is Cc1ccc(C(=O)Nc2cnoc2)c(F)c1. The number of rotatable bonds is 2. The summed E-state index contributed by atoms with van der Waals surface area (Å²) >= 11 is 0. The van der Waals surface area contributed by atoms with Gasteiger partial charge in [0.05, 0.1) is 11.8 Å². The van der Waals surface area contributed by atoms with Crippen molar-refractivity contribution in [1.29, 1.82) is 0 Å². The van der Waals surface area contributed by atoms with Crippen LogP contribution in [0.15, 0.2) is 35.2 Å². The average Bonchev–Trinajstić information content (AvgIpc) is 2.70. The first-order valence-electron chi connectivity index (χ1n) is 4.63. The first kappa shape index (κ1) is 10.4. The lowest BCUT2D eigenvalue weighted by Gasteiger charge is -2.03. The fourth-order valence-corrected chi connectivity index (χ4v) is 1.27. The van der Waals surface area contributed by atoms with E-state index in [1.807, 2.05) is 0 Å². The standard InChI is InChI=1S/C11H9FN2O2/c1-7-2-3-9(10(12)4-7)11(15)14-8-5-13-16-6-8/h2-6H,1H3,(H,14,15). The van der Waals surface area contributed by atoms with E-state index in [0.717, 1.165) is 5.56 Å². The molecule has 2 aromatic rings. The second-order valence-electron chi connectivity index (χ2n) is 3.35. The Hall–Kier alpha value is -2.17. The molecule has 0 saturated heterocycles. The van der Waals surface area contributed by atoms with Crippen molar-refractivity contribution in [2.45, 2.75) is 6.92 Å². The maximum absolute atomic E-state index is 13.4. The van der Waals surface area contributed by atoms with Crippen molar-refractivity contribution < 1.29 is 13.7 Å². The number of aryl methyl sites for hydroxylation is 1. The minimum Gasteiger partial charge on any atom is -0.363 e. The summed E-state index contributed by atoms with van der Waals surface area (Å²) in [6, 6.07) is 4.42. The number of amides is 1. The molecule has 0 radical (unpaired) electrons. The zero-order valence-electron chi connectivity index (χ0n) is 8.53. The maximum Gasteiger partial charge on any atom is 0.258 e. The van der Waals surface area contributed by atoms with Crippen LogP contribution in [0, 0.1) is 12.7 Å². The van der Waals surface area contributed by atoms with Crippen molar-refractivity contribution in [3.05, 3.63) is 47.6 Å². The van der Waals surface area contributed by atoms with Crippen LogP contribution in [0.5, 0.6) is 0 Å². The van der Waals surface area contributed by atoms with Gasteiger partial charge in [0.2, 0.25) is 0 Å². The van der Waals surface area contributed by atoms with E-state index in [4.69, 9.17) is 0 Å². The van der Waals surface area contributed by atoms with E-state index in [1.54, 1.807) is 13.0 Å². The Balaban J connectivity index is 2.21. The van der Waals surface area contributed by atoms with Crippen molar-refractivity contribution >= 4 is 11.6 Å². The second kappa shape index (κ2) is 4.14. The van der Waals surface area contributed by atoms with E-state index >= 15 is 0 Å².